The number of aromatic nitrogens is 1. The third-order valence-electron chi connectivity index (χ3n) is 6.22. The fourth-order valence-electron chi connectivity index (χ4n) is 4.13. The zero-order chi connectivity index (χ0) is 20.3. The van der Waals surface area contributed by atoms with E-state index >= 15 is 0 Å². The summed E-state index contributed by atoms with van der Waals surface area (Å²) in [5.74, 6) is 0.760. The van der Waals surface area contributed by atoms with E-state index in [2.05, 4.69) is 21.7 Å². The molecule has 2 aromatic rings. The van der Waals surface area contributed by atoms with Crippen molar-refractivity contribution in [3.8, 4) is 0 Å². The first kappa shape index (κ1) is 20.0. The number of nitrogens with one attached hydrogen (secondary N) is 2. The second-order valence-corrected chi connectivity index (χ2v) is 8.31. The third-order valence-corrected chi connectivity index (χ3v) is 6.22. The number of methoxy groups -OCH3 is 1. The molecule has 2 fully saturated rings. The molecule has 29 heavy (non-hydrogen) atoms. The lowest BCUT2D eigenvalue weighted by molar-refractivity contribution is -0.118. The molecule has 6 heteroatoms. The third kappa shape index (κ3) is 4.66. The van der Waals surface area contributed by atoms with Gasteiger partial charge in [0.05, 0.1) is 17.7 Å². The van der Waals surface area contributed by atoms with Crippen LogP contribution < -0.4 is 16.4 Å². The summed E-state index contributed by atoms with van der Waals surface area (Å²) < 4.78 is 5.34. The van der Waals surface area contributed by atoms with Gasteiger partial charge in [-0.25, -0.2) is 0 Å². The highest BCUT2D eigenvalue weighted by molar-refractivity contribution is 5.95. The van der Waals surface area contributed by atoms with Gasteiger partial charge in [0.15, 0.2) is 0 Å². The Kier molecular flexibility index (Phi) is 5.94. The monoisotopic (exact) mass is 394 g/mol. The van der Waals surface area contributed by atoms with E-state index in [9.17, 15) is 4.79 Å². The van der Waals surface area contributed by atoms with Crippen molar-refractivity contribution in [2.45, 2.75) is 49.8 Å². The average molecular weight is 395 g/mol. The topological polar surface area (TPSA) is 89.3 Å². The molecular formula is C23H30N4O2. The summed E-state index contributed by atoms with van der Waals surface area (Å²) in [6.07, 6.45) is 8.94. The maximum Gasteiger partial charge on any atom is 0.241 e. The Hall–Kier alpha value is -2.28. The van der Waals surface area contributed by atoms with Crippen molar-refractivity contribution in [1.82, 2.24) is 10.3 Å². The van der Waals surface area contributed by atoms with Gasteiger partial charge in [0.1, 0.15) is 0 Å². The lowest BCUT2D eigenvalue weighted by Gasteiger charge is -2.31. The summed E-state index contributed by atoms with van der Waals surface area (Å²) in [6.45, 7) is 0.698. The molecule has 2 heterocycles. The van der Waals surface area contributed by atoms with Gasteiger partial charge >= 0.3 is 0 Å². The highest BCUT2D eigenvalue weighted by Crippen LogP contribution is 2.40. The quantitative estimate of drug-likeness (QED) is 0.641. The van der Waals surface area contributed by atoms with Crippen molar-refractivity contribution in [3.05, 3.63) is 59.9 Å². The summed E-state index contributed by atoms with van der Waals surface area (Å²) in [4.78, 5) is 16.8. The molecule has 4 rings (SSSR count). The number of nitrogens with two attached hydrogens (primary N) is 1. The molecule has 3 unspecified atom stereocenters. The first-order valence-electron chi connectivity index (χ1n) is 10.5. The SMILES string of the molecule is COC1CNC(C(=O)Nc2cccc(C(N)(CCC3CC3)c3ccncc3)c2)C1. The number of amides is 1. The molecule has 1 amide bonds. The van der Waals surface area contributed by atoms with Gasteiger partial charge in [-0.05, 0) is 60.6 Å². The van der Waals surface area contributed by atoms with E-state index in [1.54, 1.807) is 19.5 Å². The Labute approximate surface area is 172 Å². The van der Waals surface area contributed by atoms with E-state index in [1.165, 1.54) is 12.8 Å². The number of ether oxygens (including phenoxy) is 1. The summed E-state index contributed by atoms with van der Waals surface area (Å²) in [7, 11) is 1.68. The zero-order valence-electron chi connectivity index (χ0n) is 16.9. The second kappa shape index (κ2) is 8.61. The molecule has 0 bridgehead atoms. The Morgan fingerprint density at radius 1 is 1.28 bits per heavy atom. The van der Waals surface area contributed by atoms with Gasteiger partial charge in [-0.3, -0.25) is 9.78 Å². The van der Waals surface area contributed by atoms with Gasteiger partial charge < -0.3 is 21.1 Å². The minimum absolute atomic E-state index is 0.0359. The van der Waals surface area contributed by atoms with E-state index in [1.807, 2.05) is 30.3 Å². The summed E-state index contributed by atoms with van der Waals surface area (Å²) >= 11 is 0. The number of hydrogen-bond acceptors (Lipinski definition) is 5. The average Bonchev–Trinajstić information content (AvgIpc) is 3.46. The number of pyridine rings is 1. The van der Waals surface area contributed by atoms with Crippen molar-refractivity contribution in [2.75, 3.05) is 19.0 Å². The van der Waals surface area contributed by atoms with Gasteiger partial charge in [-0.15, -0.1) is 0 Å². The summed E-state index contributed by atoms with van der Waals surface area (Å²) in [6, 6.07) is 11.7. The largest absolute Gasteiger partial charge is 0.380 e. The highest BCUT2D eigenvalue weighted by Gasteiger charge is 2.33. The first-order chi connectivity index (χ1) is 14.1. The Morgan fingerprint density at radius 3 is 2.76 bits per heavy atom. The van der Waals surface area contributed by atoms with E-state index in [0.29, 0.717) is 13.0 Å². The molecule has 1 aromatic carbocycles. The van der Waals surface area contributed by atoms with Crippen LogP contribution in [0.4, 0.5) is 5.69 Å². The number of anilines is 1. The van der Waals surface area contributed by atoms with Gasteiger partial charge in [0.2, 0.25) is 5.91 Å². The van der Waals surface area contributed by atoms with Gasteiger partial charge in [-0.2, -0.15) is 0 Å². The number of carbonyl (C=O) groups is 1. The molecule has 4 N–H and O–H groups in total. The van der Waals surface area contributed by atoms with Crippen molar-refractivity contribution >= 4 is 11.6 Å². The predicted octanol–water partition coefficient (Wildman–Crippen LogP) is 2.79. The molecule has 1 aliphatic carbocycles. The molecule has 6 nitrogen and oxygen atoms in total. The molecule has 154 valence electrons. The van der Waals surface area contributed by atoms with Crippen LogP contribution in [0.5, 0.6) is 0 Å². The zero-order valence-corrected chi connectivity index (χ0v) is 16.9. The van der Waals surface area contributed by atoms with Crippen LogP contribution in [0.2, 0.25) is 0 Å². The lowest BCUT2D eigenvalue weighted by Crippen LogP contribution is -2.38. The lowest BCUT2D eigenvalue weighted by atomic mass is 9.80. The van der Waals surface area contributed by atoms with Crippen LogP contribution in [-0.2, 0) is 15.1 Å². The van der Waals surface area contributed by atoms with Crippen molar-refractivity contribution in [3.63, 3.8) is 0 Å². The van der Waals surface area contributed by atoms with Crippen LogP contribution in [0.3, 0.4) is 0 Å². The van der Waals surface area contributed by atoms with Crippen molar-refractivity contribution in [1.29, 1.82) is 0 Å². The minimum Gasteiger partial charge on any atom is -0.380 e. The molecule has 1 saturated carbocycles. The van der Waals surface area contributed by atoms with Crippen LogP contribution >= 0.6 is 0 Å². The fraction of sp³-hybridized carbons (Fsp3) is 0.478. The van der Waals surface area contributed by atoms with Crippen LogP contribution in [-0.4, -0.2) is 36.7 Å². The van der Waals surface area contributed by atoms with E-state index < -0.39 is 5.54 Å². The number of benzene rings is 1. The Balaban J connectivity index is 1.54. The molecule has 1 aliphatic heterocycles. The molecule has 1 saturated heterocycles. The number of carbonyl (C=O) groups excluding carboxylic acids is 1. The normalized spacial score (nSPS) is 23.5. The van der Waals surface area contributed by atoms with Crippen LogP contribution in [0.1, 0.15) is 43.2 Å². The van der Waals surface area contributed by atoms with E-state index in [0.717, 1.165) is 35.6 Å². The first-order valence-corrected chi connectivity index (χ1v) is 10.5. The summed E-state index contributed by atoms with van der Waals surface area (Å²) in [5, 5.41) is 6.26. The number of rotatable bonds is 8. The Bertz CT molecular complexity index is 840. The Morgan fingerprint density at radius 2 is 2.07 bits per heavy atom. The van der Waals surface area contributed by atoms with Gasteiger partial charge in [0, 0.05) is 31.7 Å². The van der Waals surface area contributed by atoms with Crippen LogP contribution in [0.15, 0.2) is 48.8 Å². The van der Waals surface area contributed by atoms with Crippen LogP contribution in [0, 0.1) is 5.92 Å². The second-order valence-electron chi connectivity index (χ2n) is 8.31. The number of hydrogen-bond donors (Lipinski definition) is 3. The van der Waals surface area contributed by atoms with E-state index in [-0.39, 0.29) is 18.1 Å². The van der Waals surface area contributed by atoms with E-state index in [4.69, 9.17) is 10.5 Å². The smallest absolute Gasteiger partial charge is 0.241 e. The molecular weight excluding hydrogens is 364 g/mol. The van der Waals surface area contributed by atoms with Crippen LogP contribution in [0.25, 0.3) is 0 Å². The fourth-order valence-corrected chi connectivity index (χ4v) is 4.13. The molecule has 2 aliphatic rings. The van der Waals surface area contributed by atoms with Gasteiger partial charge in [0.25, 0.3) is 0 Å². The predicted molar refractivity (Wildman–Crippen MR) is 113 cm³/mol. The maximum atomic E-state index is 12.7. The van der Waals surface area contributed by atoms with Gasteiger partial charge in [-0.1, -0.05) is 25.0 Å². The standard InChI is InChI=1S/C23H30N4O2/c1-29-20-14-21(26-15-20)22(28)27-19-4-2-3-18(13-19)23(24,10-7-16-5-6-16)17-8-11-25-12-9-17/h2-4,8-9,11-13,16,20-21,26H,5-7,10,14-15,24H2,1H3,(H,27,28). The van der Waals surface area contributed by atoms with Crippen molar-refractivity contribution < 1.29 is 9.53 Å². The van der Waals surface area contributed by atoms with Crippen molar-refractivity contribution in [2.24, 2.45) is 11.7 Å². The molecule has 0 radical (unpaired) electrons. The molecule has 1 aromatic heterocycles. The highest BCUT2D eigenvalue weighted by atomic mass is 16.5. The summed E-state index contributed by atoms with van der Waals surface area (Å²) in [5.41, 5.74) is 9.24. The molecule has 3 atom stereocenters. The number of nitrogens with zero attached hydrogens (tertiary/aromatic N) is 1. The molecule has 0 spiro atoms. The maximum absolute atomic E-state index is 12.7. The minimum atomic E-state index is -0.598.